The number of carbonyl (C=O) groups excluding carboxylic acids is 4. The van der Waals surface area contributed by atoms with E-state index < -0.39 is 278 Å². The lowest BCUT2D eigenvalue weighted by atomic mass is 9.88. The third kappa shape index (κ3) is 34.5. The molecule has 6 fully saturated rings. The molecule has 23 N–H and O–H groups in total. The Bertz CT molecular complexity index is 3040. The molecule has 0 radical (unpaired) electrons. The van der Waals surface area contributed by atoms with Crippen molar-refractivity contribution in [2.24, 2.45) is 0 Å². The van der Waals surface area contributed by atoms with Crippen LogP contribution in [0.1, 0.15) is 247 Å². The molecule has 0 aliphatic carbocycles. The minimum Gasteiger partial charge on any atom is -0.477 e. The average molecular weight is 1810 g/mol. The Morgan fingerprint density at radius 1 is 0.424 bits per heavy atom. The van der Waals surface area contributed by atoms with E-state index in [9.17, 15) is 121 Å². The summed E-state index contributed by atoms with van der Waals surface area (Å²) in [6.45, 7) is 0.652. The monoisotopic (exact) mass is 1810 g/mol. The van der Waals surface area contributed by atoms with E-state index in [0.717, 1.165) is 78.6 Å². The maximum atomic E-state index is 13.7. The topological polar surface area (TPSA) is 629 Å². The van der Waals surface area contributed by atoms with Gasteiger partial charge >= 0.3 is 5.97 Å². The first kappa shape index (κ1) is 110. The number of unbranched alkanes of at least 4 members (excludes halogenated alkanes) is 29. The van der Waals surface area contributed by atoms with Crippen LogP contribution >= 0.6 is 0 Å². The molecule has 0 saturated carbocycles. The maximum absolute atomic E-state index is 13.7. The molecule has 0 aromatic heterocycles. The van der Waals surface area contributed by atoms with E-state index in [1.807, 2.05) is 6.08 Å². The van der Waals surface area contributed by atoms with Gasteiger partial charge in [0.25, 0.3) is 5.79 Å². The van der Waals surface area contributed by atoms with Crippen molar-refractivity contribution in [2.45, 2.75) is 448 Å². The Morgan fingerprint density at radius 3 is 1.33 bits per heavy atom. The summed E-state index contributed by atoms with van der Waals surface area (Å²) in [5, 5.41) is 223. The number of carboxylic acids is 1. The Kier molecular flexibility index (Phi) is 50.9. The first-order chi connectivity index (χ1) is 59.8. The first-order valence-electron chi connectivity index (χ1n) is 45.6. The minimum atomic E-state index is -3.03. The number of aliphatic hydroxyl groups is 18. The van der Waals surface area contributed by atoms with Crippen LogP contribution in [0.15, 0.2) is 12.2 Å². The third-order valence-electron chi connectivity index (χ3n) is 24.1. The second-order valence-corrected chi connectivity index (χ2v) is 34.3. The number of aliphatic carboxylic acids is 1. The molecule has 4 amide bonds. The molecule has 125 heavy (non-hydrogen) atoms. The highest BCUT2D eigenvalue weighted by atomic mass is 16.8. The molecular weight excluding hydrogens is 1650 g/mol. The van der Waals surface area contributed by atoms with Crippen LogP contribution in [0.4, 0.5) is 0 Å². The largest absolute Gasteiger partial charge is 0.477 e. The van der Waals surface area contributed by atoms with E-state index in [2.05, 4.69) is 35.1 Å². The van der Waals surface area contributed by atoms with Crippen LogP contribution < -0.4 is 21.3 Å². The molecule has 0 spiro atoms. The number of ether oxygens (including phenoxy) is 12. The van der Waals surface area contributed by atoms with Crippen molar-refractivity contribution in [3.63, 3.8) is 0 Å². The lowest BCUT2D eigenvalue weighted by Crippen LogP contribution is -2.70. The summed E-state index contributed by atoms with van der Waals surface area (Å²) in [4.78, 5) is 64.5. The molecule has 0 aromatic carbocycles. The molecule has 33 atom stereocenters. The minimum absolute atomic E-state index is 0.134. The Morgan fingerprint density at radius 2 is 0.840 bits per heavy atom. The summed E-state index contributed by atoms with van der Waals surface area (Å²) >= 11 is 0. The fraction of sp³-hybridized carbons (Fsp3) is 0.918. The molecule has 728 valence electrons. The van der Waals surface area contributed by atoms with Gasteiger partial charge in [0.15, 0.2) is 31.5 Å². The zero-order chi connectivity index (χ0) is 91.9. The normalized spacial score (nSPS) is 35.0. The highest BCUT2D eigenvalue weighted by Crippen LogP contribution is 2.39. The number of hydrogen-bond acceptors (Lipinski definition) is 35. The van der Waals surface area contributed by atoms with Crippen molar-refractivity contribution >= 4 is 29.6 Å². The van der Waals surface area contributed by atoms with Crippen molar-refractivity contribution in [1.82, 2.24) is 21.3 Å². The van der Waals surface area contributed by atoms with E-state index >= 15 is 0 Å². The predicted molar refractivity (Wildman–Crippen MR) is 441 cm³/mol. The fourth-order valence-corrected chi connectivity index (χ4v) is 16.7. The van der Waals surface area contributed by atoms with Gasteiger partial charge in [0.1, 0.15) is 140 Å². The van der Waals surface area contributed by atoms with Crippen LogP contribution in [0.3, 0.4) is 0 Å². The smallest absolute Gasteiger partial charge is 0.364 e. The summed E-state index contributed by atoms with van der Waals surface area (Å²) in [6, 6.07) is -6.31. The van der Waals surface area contributed by atoms with E-state index in [0.29, 0.717) is 12.8 Å². The lowest BCUT2D eigenvalue weighted by molar-refractivity contribution is -0.385. The molecule has 12 unspecified atom stereocenters. The van der Waals surface area contributed by atoms with Gasteiger partial charge in [0, 0.05) is 33.6 Å². The van der Waals surface area contributed by atoms with Gasteiger partial charge in [-0.1, -0.05) is 206 Å². The molecule has 6 saturated heterocycles. The van der Waals surface area contributed by atoms with Crippen LogP contribution in [-0.4, -0.2) is 375 Å². The molecule has 0 aromatic rings. The summed E-state index contributed by atoms with van der Waals surface area (Å²) in [5.41, 5.74) is 0. The first-order valence-corrected chi connectivity index (χ1v) is 45.6. The highest BCUT2D eigenvalue weighted by Gasteiger charge is 2.60. The summed E-state index contributed by atoms with van der Waals surface area (Å²) in [7, 11) is 0. The quantitative estimate of drug-likeness (QED) is 0.0243. The van der Waals surface area contributed by atoms with Gasteiger partial charge in [-0.05, 0) is 19.3 Å². The van der Waals surface area contributed by atoms with Gasteiger partial charge in [-0.15, -0.1) is 0 Å². The van der Waals surface area contributed by atoms with E-state index in [4.69, 9.17) is 56.8 Å². The number of nitrogens with one attached hydrogen (secondary N) is 4. The van der Waals surface area contributed by atoms with Crippen LogP contribution in [0.25, 0.3) is 0 Å². The lowest BCUT2D eigenvalue weighted by Gasteiger charge is -2.50. The number of carboxylic acid groups (broad SMARTS) is 1. The van der Waals surface area contributed by atoms with Gasteiger partial charge in [-0.25, -0.2) is 4.79 Å². The van der Waals surface area contributed by atoms with Crippen molar-refractivity contribution in [3.05, 3.63) is 12.2 Å². The number of carbonyl (C=O) groups is 5. The molecule has 6 rings (SSSR count). The van der Waals surface area contributed by atoms with Gasteiger partial charge in [-0.2, -0.15) is 0 Å². The fourth-order valence-electron chi connectivity index (χ4n) is 16.7. The standard InChI is InChI=1S/C85H152N4O36/c1-6-8-10-12-14-16-18-20-21-22-23-24-25-27-29-31-33-35-37-39-60(100)89-51(52(97)38-36-34-32-30-28-26-19-17-15-13-11-9-7-2)45-114-81-73(110)71(108)76(57(44-93)119-81)123-83-74(111)78(67(104)58(120-83)46-115-79-62(87-49(4)95)68(105)65(102)55(42-91)117-79)124-80-63(88-50(5)96)69(106)75(56(43-92)118-80)122-82-72(109)70(107)66(103)59(121-82)47-116-85(84(112)113)40-53(98)61(86-48(3)94)77(125-85)64(101)54(99)41-90/h36,38,51-59,61-83,90-93,97-99,101-111H,6-35,37,39-47H2,1-5H3,(H,86,94)(H,87,95)(H,88,96)(H,89,100)(H,112,113)/b38-36+/t51-,52+,53?,54+,55?,56?,57?,58?,59?,61+,62?,63?,64+,65+,66-,67-,68+,69+,70-,71+,72?,73?,74?,75+,76+,77?,78-,79+,80-,81+,82-,83-,85+/m0/s1. The van der Waals surface area contributed by atoms with Crippen molar-refractivity contribution in [3.8, 4) is 0 Å². The Hall–Kier alpha value is -4.11. The number of aliphatic hydroxyl groups excluding tert-OH is 18. The van der Waals surface area contributed by atoms with Gasteiger partial charge < -0.3 is 175 Å². The molecular formula is C85H152N4O36. The molecule has 6 aliphatic rings. The van der Waals surface area contributed by atoms with Crippen LogP contribution in [-0.2, 0) is 80.8 Å². The van der Waals surface area contributed by atoms with Crippen molar-refractivity contribution in [2.75, 3.05) is 46.2 Å². The van der Waals surface area contributed by atoms with Crippen LogP contribution in [0, 0.1) is 0 Å². The van der Waals surface area contributed by atoms with Crippen molar-refractivity contribution < 1.29 is 178 Å². The number of hydrogen-bond donors (Lipinski definition) is 23. The van der Waals surface area contributed by atoms with Gasteiger partial charge in [0.2, 0.25) is 23.6 Å². The summed E-state index contributed by atoms with van der Waals surface area (Å²) in [6.07, 6.45) is -18.2. The van der Waals surface area contributed by atoms with Gasteiger partial charge in [0.05, 0.1) is 70.5 Å². The SMILES string of the molecule is CCCCCCCCCCCCC/C=C/[C@@H](O)[C@H](CO[C@@H]1OC(CO)[C@@H](O[C@@H]2OC(CO[C@@H]3OC(CO)[C@@H](O)[C@H](O)C3NC(C)=O)[C@H](O)[C@H](O[C@@H]3OC(CO)[C@@H](O[C@@H]4OC(CO[C@]5(C(=O)O)CC(O)[C@@H](NC(C)=O)C([C@H](O)[C@H](O)CO)O5)[C@H](O)[C@H](O)C4O)[C@H](O)C3NC(C)=O)C2O)[C@H](O)C1O)NC(=O)CCCCCCCCCCCCCCCCCCCCC. The molecule has 40 heteroatoms. The summed E-state index contributed by atoms with van der Waals surface area (Å²) in [5.74, 6) is -7.91. The molecule has 6 aliphatic heterocycles. The second-order valence-electron chi connectivity index (χ2n) is 34.3. The number of rotatable bonds is 60. The second kappa shape index (κ2) is 58.0. The van der Waals surface area contributed by atoms with E-state index in [1.165, 1.54) is 128 Å². The van der Waals surface area contributed by atoms with Gasteiger partial charge in [-0.3, -0.25) is 19.2 Å². The van der Waals surface area contributed by atoms with Crippen LogP contribution in [0.5, 0.6) is 0 Å². The van der Waals surface area contributed by atoms with Crippen LogP contribution in [0.2, 0.25) is 0 Å². The number of amides is 4. The summed E-state index contributed by atoms with van der Waals surface area (Å²) < 4.78 is 71.5. The Labute approximate surface area is 732 Å². The average Bonchev–Trinajstić information content (AvgIpc) is 0.767. The number of allylic oxidation sites excluding steroid dienone is 1. The molecule has 6 heterocycles. The zero-order valence-corrected chi connectivity index (χ0v) is 73.4. The van der Waals surface area contributed by atoms with E-state index in [1.54, 1.807) is 6.08 Å². The maximum Gasteiger partial charge on any atom is 0.364 e. The van der Waals surface area contributed by atoms with Crippen molar-refractivity contribution in [1.29, 1.82) is 0 Å². The van der Waals surface area contributed by atoms with E-state index in [-0.39, 0.29) is 12.3 Å². The predicted octanol–water partition coefficient (Wildman–Crippen LogP) is -1.51. The third-order valence-corrected chi connectivity index (χ3v) is 24.1. The molecule has 40 nitrogen and oxygen atoms in total. The zero-order valence-electron chi connectivity index (χ0n) is 73.4. The molecule has 0 bridgehead atoms. The Balaban J connectivity index is 1.17. The highest BCUT2D eigenvalue weighted by molar-refractivity contribution is 5.77.